The quantitative estimate of drug-likeness (QED) is 0.715. The zero-order valence-electron chi connectivity index (χ0n) is 14.2. The van der Waals surface area contributed by atoms with Gasteiger partial charge in [-0.25, -0.2) is 0 Å². The smallest absolute Gasteiger partial charge is 0.138 e. The van der Waals surface area contributed by atoms with Crippen LogP contribution in [0.5, 0.6) is 11.5 Å². The Morgan fingerprint density at radius 1 is 1.00 bits per heavy atom. The normalized spacial score (nSPS) is 14.7. The number of anilines is 1. The first-order chi connectivity index (χ1) is 12.3. The van der Waals surface area contributed by atoms with Gasteiger partial charge in [0.15, 0.2) is 0 Å². The molecule has 1 fully saturated rings. The Bertz CT molecular complexity index is 868. The van der Waals surface area contributed by atoms with Gasteiger partial charge in [-0.3, -0.25) is 4.98 Å². The Balaban J connectivity index is 1.72. The number of aromatic nitrogens is 2. The lowest BCUT2D eigenvalue weighted by atomic mass is 10.1. The third-order valence-corrected chi connectivity index (χ3v) is 5.20. The van der Waals surface area contributed by atoms with Crippen LogP contribution in [-0.4, -0.2) is 49.9 Å². The van der Waals surface area contributed by atoms with Gasteiger partial charge in [-0.15, -0.1) is 0 Å². The predicted octanol–water partition coefficient (Wildman–Crippen LogP) is 3.21. The number of fused-ring (bicyclic) bond motifs is 1. The molecule has 1 aliphatic rings. The number of benzene rings is 1. The van der Waals surface area contributed by atoms with Gasteiger partial charge in [0.1, 0.15) is 27.5 Å². The summed E-state index contributed by atoms with van der Waals surface area (Å²) in [4.78, 5) is 6.98. The van der Waals surface area contributed by atoms with E-state index >= 15 is 0 Å². The van der Waals surface area contributed by atoms with Crippen molar-refractivity contribution in [1.29, 1.82) is 0 Å². The maximum absolute atomic E-state index is 5.43. The van der Waals surface area contributed by atoms with Crippen LogP contribution in [0.15, 0.2) is 30.5 Å². The number of methoxy groups -OCH3 is 2. The van der Waals surface area contributed by atoms with Crippen molar-refractivity contribution in [3.05, 3.63) is 30.5 Å². The third kappa shape index (κ3) is 3.12. The van der Waals surface area contributed by atoms with E-state index in [9.17, 15) is 0 Å². The molecule has 0 aliphatic carbocycles. The highest BCUT2D eigenvalue weighted by atomic mass is 32.1. The predicted molar refractivity (Wildman–Crippen MR) is 99.0 cm³/mol. The van der Waals surface area contributed by atoms with Gasteiger partial charge in [-0.2, -0.15) is 4.37 Å². The molecule has 0 atom stereocenters. The molecular formula is C18H19N3O3S. The molecule has 2 aromatic heterocycles. The Morgan fingerprint density at radius 3 is 2.40 bits per heavy atom. The molecule has 130 valence electrons. The van der Waals surface area contributed by atoms with E-state index in [-0.39, 0.29) is 0 Å². The molecule has 7 heteroatoms. The Labute approximate surface area is 150 Å². The largest absolute Gasteiger partial charge is 0.497 e. The number of ether oxygens (including phenoxy) is 3. The minimum atomic E-state index is 0.751. The minimum absolute atomic E-state index is 0.751. The highest BCUT2D eigenvalue weighted by Crippen LogP contribution is 2.34. The molecule has 0 N–H and O–H groups in total. The number of morpholine rings is 1. The molecule has 0 spiro atoms. The number of hydrogen-bond donors (Lipinski definition) is 0. The van der Waals surface area contributed by atoms with Crippen LogP contribution < -0.4 is 14.4 Å². The Morgan fingerprint density at radius 2 is 1.72 bits per heavy atom. The summed E-state index contributed by atoms with van der Waals surface area (Å²) in [6, 6.07) is 7.87. The second kappa shape index (κ2) is 6.85. The molecule has 3 heterocycles. The standard InChI is InChI=1S/C18H19N3O3S/c1-22-14-7-12(8-15(10-14)23-2)13-9-16-17(19-11-13)18(25-20-16)21-3-5-24-6-4-21/h7-11H,3-6H2,1-2H3. The lowest BCUT2D eigenvalue weighted by Gasteiger charge is -2.26. The first kappa shape index (κ1) is 16.1. The molecule has 0 radical (unpaired) electrons. The second-order valence-electron chi connectivity index (χ2n) is 5.78. The van der Waals surface area contributed by atoms with E-state index in [4.69, 9.17) is 14.2 Å². The van der Waals surface area contributed by atoms with E-state index in [1.807, 2.05) is 24.4 Å². The van der Waals surface area contributed by atoms with E-state index < -0.39 is 0 Å². The van der Waals surface area contributed by atoms with E-state index in [2.05, 4.69) is 20.3 Å². The zero-order chi connectivity index (χ0) is 17.2. The average molecular weight is 357 g/mol. The van der Waals surface area contributed by atoms with Crippen LogP contribution in [0.25, 0.3) is 22.2 Å². The highest BCUT2D eigenvalue weighted by Gasteiger charge is 2.18. The summed E-state index contributed by atoms with van der Waals surface area (Å²) in [6.45, 7) is 3.27. The first-order valence-corrected chi connectivity index (χ1v) is 8.87. The van der Waals surface area contributed by atoms with Crippen LogP contribution in [0, 0.1) is 0 Å². The van der Waals surface area contributed by atoms with Crippen LogP contribution in [-0.2, 0) is 4.74 Å². The van der Waals surface area contributed by atoms with Crippen molar-refractivity contribution in [3.8, 4) is 22.6 Å². The summed E-state index contributed by atoms with van der Waals surface area (Å²) in [5.74, 6) is 1.50. The number of rotatable bonds is 4. The molecule has 1 aliphatic heterocycles. The second-order valence-corrected chi connectivity index (χ2v) is 6.53. The Kier molecular flexibility index (Phi) is 4.42. The third-order valence-electron chi connectivity index (χ3n) is 4.28. The van der Waals surface area contributed by atoms with Crippen LogP contribution in [0.2, 0.25) is 0 Å². The number of pyridine rings is 1. The van der Waals surface area contributed by atoms with E-state index in [1.165, 1.54) is 11.5 Å². The summed E-state index contributed by atoms with van der Waals surface area (Å²) in [5, 5.41) is 1.12. The van der Waals surface area contributed by atoms with Gasteiger partial charge in [0.2, 0.25) is 0 Å². The van der Waals surface area contributed by atoms with Crippen LogP contribution in [0.1, 0.15) is 0 Å². The van der Waals surface area contributed by atoms with Crippen molar-refractivity contribution < 1.29 is 14.2 Å². The van der Waals surface area contributed by atoms with Gasteiger partial charge in [0.05, 0.1) is 27.4 Å². The van der Waals surface area contributed by atoms with Gasteiger partial charge in [0, 0.05) is 30.9 Å². The lowest BCUT2D eigenvalue weighted by molar-refractivity contribution is 0.123. The molecular weight excluding hydrogens is 338 g/mol. The molecule has 25 heavy (non-hydrogen) atoms. The van der Waals surface area contributed by atoms with Crippen molar-refractivity contribution in [3.63, 3.8) is 0 Å². The van der Waals surface area contributed by atoms with Crippen molar-refractivity contribution in [2.24, 2.45) is 0 Å². The molecule has 1 saturated heterocycles. The Hall–Kier alpha value is -2.38. The number of hydrogen-bond acceptors (Lipinski definition) is 7. The monoisotopic (exact) mass is 357 g/mol. The van der Waals surface area contributed by atoms with Gasteiger partial charge in [-0.1, -0.05) is 0 Å². The maximum atomic E-state index is 5.43. The fraction of sp³-hybridized carbons (Fsp3) is 0.333. The number of nitrogens with zero attached hydrogens (tertiary/aromatic N) is 3. The van der Waals surface area contributed by atoms with E-state index in [0.29, 0.717) is 0 Å². The van der Waals surface area contributed by atoms with Crippen molar-refractivity contribution >= 4 is 27.6 Å². The van der Waals surface area contributed by atoms with Gasteiger partial charge < -0.3 is 19.1 Å². The molecule has 6 nitrogen and oxygen atoms in total. The molecule has 0 bridgehead atoms. The van der Waals surface area contributed by atoms with Gasteiger partial charge in [0.25, 0.3) is 0 Å². The summed E-state index contributed by atoms with van der Waals surface area (Å²) in [5.41, 5.74) is 3.84. The summed E-state index contributed by atoms with van der Waals surface area (Å²) in [7, 11) is 3.30. The molecule has 0 unspecified atom stereocenters. The summed E-state index contributed by atoms with van der Waals surface area (Å²) in [6.07, 6.45) is 1.88. The molecule has 3 aromatic rings. The lowest BCUT2D eigenvalue weighted by Crippen LogP contribution is -2.35. The van der Waals surface area contributed by atoms with E-state index in [1.54, 1.807) is 14.2 Å². The molecule has 0 amide bonds. The fourth-order valence-corrected chi connectivity index (χ4v) is 3.79. The van der Waals surface area contributed by atoms with Crippen LogP contribution >= 0.6 is 11.5 Å². The van der Waals surface area contributed by atoms with Gasteiger partial charge >= 0.3 is 0 Å². The highest BCUT2D eigenvalue weighted by molar-refractivity contribution is 7.11. The average Bonchev–Trinajstić information content (AvgIpc) is 3.11. The van der Waals surface area contributed by atoms with Crippen molar-refractivity contribution in [1.82, 2.24) is 9.36 Å². The van der Waals surface area contributed by atoms with Crippen molar-refractivity contribution in [2.75, 3.05) is 45.4 Å². The van der Waals surface area contributed by atoms with E-state index in [0.717, 1.165) is 65.0 Å². The van der Waals surface area contributed by atoms with Crippen LogP contribution in [0.3, 0.4) is 0 Å². The molecule has 1 aromatic carbocycles. The maximum Gasteiger partial charge on any atom is 0.138 e. The summed E-state index contributed by atoms with van der Waals surface area (Å²) >= 11 is 1.50. The minimum Gasteiger partial charge on any atom is -0.497 e. The molecule has 4 rings (SSSR count). The SMILES string of the molecule is COc1cc(OC)cc(-c2cnc3c(N4CCOCC4)snc3c2)c1. The first-order valence-electron chi connectivity index (χ1n) is 8.10. The van der Waals surface area contributed by atoms with Crippen LogP contribution in [0.4, 0.5) is 5.00 Å². The van der Waals surface area contributed by atoms with Gasteiger partial charge in [-0.05, 0) is 35.3 Å². The topological polar surface area (TPSA) is 56.7 Å². The zero-order valence-corrected chi connectivity index (χ0v) is 15.0. The molecule has 0 saturated carbocycles. The summed E-state index contributed by atoms with van der Waals surface area (Å²) < 4.78 is 20.7. The van der Waals surface area contributed by atoms with Crippen molar-refractivity contribution in [2.45, 2.75) is 0 Å². The fourth-order valence-electron chi connectivity index (χ4n) is 2.93.